The highest BCUT2D eigenvalue weighted by atomic mass is 127. The molecule has 25 heavy (non-hydrogen) atoms. The number of ether oxygens (including phenoxy) is 2. The molecule has 2 heterocycles. The maximum absolute atomic E-state index is 5.50. The number of aromatic nitrogens is 1. The standard InChI is InChI=1S/C20H23N2O2.HI/c1-22(2,3)13-16-12-21(18-7-5-4-6-17(16)18)11-15-8-9-19-20(10-15)24-14-23-19;/h4-10,12H,11,13-14H2,1-3H3;1H/q+1;/p-1. The van der Waals surface area contributed by atoms with Crippen molar-refractivity contribution in [1.29, 1.82) is 0 Å². The predicted molar refractivity (Wildman–Crippen MR) is 95.3 cm³/mol. The van der Waals surface area contributed by atoms with E-state index in [1.54, 1.807) is 0 Å². The summed E-state index contributed by atoms with van der Waals surface area (Å²) in [7, 11) is 6.68. The van der Waals surface area contributed by atoms with Crippen LogP contribution in [0.1, 0.15) is 11.1 Å². The molecular formula is C20H23IN2O2. The van der Waals surface area contributed by atoms with E-state index in [2.05, 4.69) is 68.3 Å². The van der Waals surface area contributed by atoms with Crippen LogP contribution in [0.3, 0.4) is 0 Å². The molecule has 1 aliphatic rings. The Labute approximate surface area is 165 Å². The van der Waals surface area contributed by atoms with Crippen molar-refractivity contribution in [3.05, 3.63) is 59.8 Å². The van der Waals surface area contributed by atoms with Gasteiger partial charge in [0.1, 0.15) is 6.54 Å². The number of hydrogen-bond donors (Lipinski definition) is 0. The fourth-order valence-electron chi connectivity index (χ4n) is 3.33. The van der Waals surface area contributed by atoms with Crippen LogP contribution in [0.4, 0.5) is 0 Å². The molecule has 0 radical (unpaired) electrons. The van der Waals surface area contributed by atoms with E-state index in [0.717, 1.165) is 29.1 Å². The van der Waals surface area contributed by atoms with E-state index in [4.69, 9.17) is 9.47 Å². The summed E-state index contributed by atoms with van der Waals surface area (Å²) >= 11 is 0. The maximum atomic E-state index is 5.50. The normalized spacial score (nSPS) is 13.1. The topological polar surface area (TPSA) is 23.4 Å². The Hall–Kier alpha value is -1.73. The lowest BCUT2D eigenvalue weighted by Gasteiger charge is -2.23. The molecule has 132 valence electrons. The lowest BCUT2D eigenvalue weighted by Crippen LogP contribution is -3.00. The van der Waals surface area contributed by atoms with Gasteiger partial charge in [-0.25, -0.2) is 0 Å². The van der Waals surface area contributed by atoms with E-state index in [-0.39, 0.29) is 24.0 Å². The largest absolute Gasteiger partial charge is 1.00 e. The Bertz CT molecular complexity index is 896. The second-order valence-corrected chi connectivity index (χ2v) is 7.44. The van der Waals surface area contributed by atoms with Crippen molar-refractivity contribution >= 4 is 10.9 Å². The van der Waals surface area contributed by atoms with Gasteiger partial charge >= 0.3 is 0 Å². The first kappa shape index (κ1) is 18.1. The van der Waals surface area contributed by atoms with Crippen LogP contribution in [0.2, 0.25) is 0 Å². The number of para-hydroxylation sites is 1. The van der Waals surface area contributed by atoms with Gasteiger partial charge in [-0.1, -0.05) is 24.3 Å². The van der Waals surface area contributed by atoms with Crippen LogP contribution < -0.4 is 33.5 Å². The predicted octanol–water partition coefficient (Wildman–Crippen LogP) is 0.628. The number of benzene rings is 2. The van der Waals surface area contributed by atoms with Crippen LogP contribution in [0.15, 0.2) is 48.7 Å². The second-order valence-electron chi connectivity index (χ2n) is 7.44. The molecule has 0 unspecified atom stereocenters. The summed E-state index contributed by atoms with van der Waals surface area (Å²) in [5, 5.41) is 1.34. The van der Waals surface area contributed by atoms with Crippen molar-refractivity contribution in [2.24, 2.45) is 0 Å². The molecule has 4 rings (SSSR count). The summed E-state index contributed by atoms with van der Waals surface area (Å²) in [6.45, 7) is 2.15. The molecule has 3 aromatic rings. The summed E-state index contributed by atoms with van der Waals surface area (Å²) in [5.74, 6) is 1.68. The van der Waals surface area contributed by atoms with Gasteiger partial charge in [0.25, 0.3) is 0 Å². The first-order valence-electron chi connectivity index (χ1n) is 8.25. The van der Waals surface area contributed by atoms with Gasteiger partial charge < -0.3 is 42.5 Å². The van der Waals surface area contributed by atoms with Crippen LogP contribution in [-0.2, 0) is 13.1 Å². The molecule has 0 spiro atoms. The molecule has 0 N–H and O–H groups in total. The minimum absolute atomic E-state index is 0. The van der Waals surface area contributed by atoms with Crippen LogP contribution in [-0.4, -0.2) is 37.0 Å². The molecule has 5 heteroatoms. The number of quaternary nitrogens is 1. The van der Waals surface area contributed by atoms with Gasteiger partial charge in [-0.05, 0) is 23.8 Å². The summed E-state index contributed by atoms with van der Waals surface area (Å²) in [6.07, 6.45) is 2.29. The van der Waals surface area contributed by atoms with Gasteiger partial charge in [0.2, 0.25) is 6.79 Å². The maximum Gasteiger partial charge on any atom is 0.231 e. The lowest BCUT2D eigenvalue weighted by atomic mass is 10.1. The Morgan fingerprint density at radius 3 is 2.56 bits per heavy atom. The molecule has 2 aromatic carbocycles. The summed E-state index contributed by atoms with van der Waals surface area (Å²) < 4.78 is 14.1. The minimum Gasteiger partial charge on any atom is -1.00 e. The van der Waals surface area contributed by atoms with E-state index < -0.39 is 0 Å². The summed E-state index contributed by atoms with van der Waals surface area (Å²) in [5.41, 5.74) is 3.88. The molecule has 0 atom stereocenters. The van der Waals surface area contributed by atoms with Gasteiger partial charge in [-0.3, -0.25) is 0 Å². The Morgan fingerprint density at radius 2 is 1.76 bits per heavy atom. The van der Waals surface area contributed by atoms with E-state index in [9.17, 15) is 0 Å². The quantitative estimate of drug-likeness (QED) is 0.430. The van der Waals surface area contributed by atoms with E-state index in [1.807, 2.05) is 6.07 Å². The molecule has 0 bridgehead atoms. The van der Waals surface area contributed by atoms with Gasteiger partial charge in [0.15, 0.2) is 11.5 Å². The monoisotopic (exact) mass is 450 g/mol. The van der Waals surface area contributed by atoms with Crippen molar-refractivity contribution < 1.29 is 37.9 Å². The minimum atomic E-state index is 0. The average Bonchev–Trinajstić information content (AvgIpc) is 3.11. The third kappa shape index (κ3) is 3.77. The molecule has 1 aromatic heterocycles. The summed E-state index contributed by atoms with van der Waals surface area (Å²) in [6, 6.07) is 14.8. The fraction of sp³-hybridized carbons (Fsp3) is 0.300. The zero-order valence-corrected chi connectivity index (χ0v) is 17.0. The molecule has 1 aliphatic heterocycles. The van der Waals surface area contributed by atoms with Crippen LogP contribution in [0, 0.1) is 0 Å². The SMILES string of the molecule is C[N+](C)(C)Cc1cn(Cc2ccc3c(c2)OCO3)c2ccccc12.[I-]. The van der Waals surface area contributed by atoms with Gasteiger partial charge in [-0.2, -0.15) is 0 Å². The van der Waals surface area contributed by atoms with Gasteiger partial charge in [0.05, 0.1) is 21.1 Å². The first-order chi connectivity index (χ1) is 11.5. The number of nitrogens with zero attached hydrogens (tertiary/aromatic N) is 2. The molecule has 0 saturated heterocycles. The van der Waals surface area contributed by atoms with E-state index in [0.29, 0.717) is 6.79 Å². The number of hydrogen-bond acceptors (Lipinski definition) is 2. The molecule has 0 saturated carbocycles. The Balaban J connectivity index is 0.00000182. The number of rotatable bonds is 4. The highest BCUT2D eigenvalue weighted by molar-refractivity contribution is 5.84. The molecule has 0 amide bonds. The zero-order chi connectivity index (χ0) is 16.7. The highest BCUT2D eigenvalue weighted by Crippen LogP contribution is 2.33. The van der Waals surface area contributed by atoms with Gasteiger partial charge in [0, 0.05) is 29.2 Å². The smallest absolute Gasteiger partial charge is 0.231 e. The second kappa shape index (κ2) is 6.88. The molecule has 4 nitrogen and oxygen atoms in total. The van der Waals surface area contributed by atoms with Crippen molar-refractivity contribution in [2.45, 2.75) is 13.1 Å². The number of halogens is 1. The lowest BCUT2D eigenvalue weighted by molar-refractivity contribution is -0.883. The van der Waals surface area contributed by atoms with Crippen LogP contribution in [0.25, 0.3) is 10.9 Å². The fourth-order valence-corrected chi connectivity index (χ4v) is 3.33. The van der Waals surface area contributed by atoms with Gasteiger partial charge in [-0.15, -0.1) is 0 Å². The van der Waals surface area contributed by atoms with Crippen LogP contribution >= 0.6 is 0 Å². The van der Waals surface area contributed by atoms with Crippen molar-refractivity contribution in [3.8, 4) is 11.5 Å². The molecular weight excluding hydrogens is 427 g/mol. The average molecular weight is 450 g/mol. The third-order valence-corrected chi connectivity index (χ3v) is 4.31. The number of fused-ring (bicyclic) bond motifs is 2. The molecule has 0 aliphatic carbocycles. The zero-order valence-electron chi connectivity index (χ0n) is 14.8. The molecule has 0 fully saturated rings. The Morgan fingerprint density at radius 1 is 1.00 bits per heavy atom. The first-order valence-corrected chi connectivity index (χ1v) is 8.25. The van der Waals surface area contributed by atoms with Crippen LogP contribution in [0.5, 0.6) is 11.5 Å². The van der Waals surface area contributed by atoms with Crippen molar-refractivity contribution in [1.82, 2.24) is 4.57 Å². The third-order valence-electron chi connectivity index (χ3n) is 4.31. The van der Waals surface area contributed by atoms with E-state index >= 15 is 0 Å². The van der Waals surface area contributed by atoms with Crippen molar-refractivity contribution in [3.63, 3.8) is 0 Å². The van der Waals surface area contributed by atoms with E-state index in [1.165, 1.54) is 22.0 Å². The summed E-state index contributed by atoms with van der Waals surface area (Å²) in [4.78, 5) is 0. The Kier molecular flexibility index (Phi) is 4.97. The highest BCUT2D eigenvalue weighted by Gasteiger charge is 2.17. The van der Waals surface area contributed by atoms with Crippen molar-refractivity contribution in [2.75, 3.05) is 27.9 Å².